The van der Waals surface area contributed by atoms with Gasteiger partial charge in [-0.3, -0.25) is 14.6 Å². The van der Waals surface area contributed by atoms with Crippen LogP contribution in [-0.2, 0) is 17.8 Å². The van der Waals surface area contributed by atoms with E-state index in [9.17, 15) is 9.90 Å². The Morgan fingerprint density at radius 1 is 1.00 bits per heavy atom. The summed E-state index contributed by atoms with van der Waals surface area (Å²) < 4.78 is 11.9. The fourth-order valence-corrected chi connectivity index (χ4v) is 4.03. The first-order chi connectivity index (χ1) is 13.7. The van der Waals surface area contributed by atoms with E-state index in [0.29, 0.717) is 37.8 Å². The summed E-state index contributed by atoms with van der Waals surface area (Å²) >= 11 is 0. The normalized spacial score (nSPS) is 21.6. The van der Waals surface area contributed by atoms with Crippen molar-refractivity contribution in [3.05, 3.63) is 63.7 Å². The predicted molar refractivity (Wildman–Crippen MR) is 106 cm³/mol. The molecule has 6 heteroatoms. The standard InChI is InChI=1S/C22H28N2O4/c25-19-13-18(14-23-9-5-2-6-10-23)28-21(22(19)26)16-24-11-12-27-20(15-24)17-7-3-1-4-8-17/h1,3-4,7-8,13,20,26H,2,5-6,9-12,14-16H2. The van der Waals surface area contributed by atoms with Gasteiger partial charge < -0.3 is 14.3 Å². The van der Waals surface area contributed by atoms with E-state index in [1.54, 1.807) is 0 Å². The van der Waals surface area contributed by atoms with Crippen LogP contribution in [0.2, 0.25) is 0 Å². The van der Waals surface area contributed by atoms with Gasteiger partial charge in [-0.25, -0.2) is 0 Å². The average molecular weight is 384 g/mol. The van der Waals surface area contributed by atoms with Gasteiger partial charge in [-0.05, 0) is 31.5 Å². The van der Waals surface area contributed by atoms with Gasteiger partial charge in [-0.1, -0.05) is 36.8 Å². The van der Waals surface area contributed by atoms with Gasteiger partial charge in [0.1, 0.15) is 5.76 Å². The van der Waals surface area contributed by atoms with E-state index >= 15 is 0 Å². The van der Waals surface area contributed by atoms with E-state index in [1.807, 2.05) is 18.2 Å². The van der Waals surface area contributed by atoms with Crippen LogP contribution in [0.3, 0.4) is 0 Å². The number of morpholine rings is 1. The fourth-order valence-electron chi connectivity index (χ4n) is 4.03. The topological polar surface area (TPSA) is 66.2 Å². The SMILES string of the molecule is O=c1cc(CN2CCCCC2)oc(CN2CCOC(c3ccccc3)C2)c1O. The maximum Gasteiger partial charge on any atom is 0.227 e. The van der Waals surface area contributed by atoms with Gasteiger partial charge in [0.25, 0.3) is 0 Å². The highest BCUT2D eigenvalue weighted by Gasteiger charge is 2.24. The Balaban J connectivity index is 1.46. The molecule has 3 heterocycles. The highest BCUT2D eigenvalue weighted by atomic mass is 16.5. The number of hydrogen-bond donors (Lipinski definition) is 1. The zero-order valence-electron chi connectivity index (χ0n) is 16.2. The molecule has 1 aromatic heterocycles. The van der Waals surface area contributed by atoms with Crippen molar-refractivity contribution in [1.82, 2.24) is 9.80 Å². The van der Waals surface area contributed by atoms with E-state index < -0.39 is 0 Å². The van der Waals surface area contributed by atoms with Crippen LogP contribution >= 0.6 is 0 Å². The van der Waals surface area contributed by atoms with Crippen molar-refractivity contribution >= 4 is 0 Å². The molecule has 2 aromatic rings. The van der Waals surface area contributed by atoms with Gasteiger partial charge in [0.2, 0.25) is 11.2 Å². The lowest BCUT2D eigenvalue weighted by Gasteiger charge is -2.33. The number of ether oxygens (including phenoxy) is 1. The third kappa shape index (κ3) is 4.63. The second-order valence-corrected chi connectivity index (χ2v) is 7.69. The molecule has 0 radical (unpaired) electrons. The molecule has 2 saturated heterocycles. The summed E-state index contributed by atoms with van der Waals surface area (Å²) in [6, 6.07) is 11.6. The molecule has 0 aliphatic carbocycles. The van der Waals surface area contributed by atoms with Gasteiger partial charge in [0, 0.05) is 19.2 Å². The van der Waals surface area contributed by atoms with Crippen LogP contribution in [0.1, 0.15) is 42.5 Å². The van der Waals surface area contributed by atoms with Crippen molar-refractivity contribution in [3.63, 3.8) is 0 Å². The predicted octanol–water partition coefficient (Wildman–Crippen LogP) is 2.90. The van der Waals surface area contributed by atoms with E-state index in [0.717, 1.165) is 25.2 Å². The van der Waals surface area contributed by atoms with Crippen molar-refractivity contribution < 1.29 is 14.3 Å². The molecule has 1 atom stereocenters. The van der Waals surface area contributed by atoms with Crippen molar-refractivity contribution in [2.24, 2.45) is 0 Å². The maximum absolute atomic E-state index is 12.3. The minimum Gasteiger partial charge on any atom is -0.502 e. The van der Waals surface area contributed by atoms with Crippen molar-refractivity contribution in [2.75, 3.05) is 32.8 Å². The molecule has 0 bridgehead atoms. The number of benzene rings is 1. The third-order valence-corrected chi connectivity index (χ3v) is 5.56. The molecule has 150 valence electrons. The Bertz CT molecular complexity index is 830. The van der Waals surface area contributed by atoms with Gasteiger partial charge in [-0.2, -0.15) is 0 Å². The minimum absolute atomic E-state index is 0.0136. The van der Waals surface area contributed by atoms with Crippen LogP contribution in [0.5, 0.6) is 5.75 Å². The lowest BCUT2D eigenvalue weighted by molar-refractivity contribution is -0.0352. The Kier molecular flexibility index (Phi) is 6.10. The molecule has 1 unspecified atom stereocenters. The fraction of sp³-hybridized carbons (Fsp3) is 0.500. The summed E-state index contributed by atoms with van der Waals surface area (Å²) in [6.45, 7) is 5.13. The zero-order valence-corrected chi connectivity index (χ0v) is 16.2. The van der Waals surface area contributed by atoms with Crippen molar-refractivity contribution in [2.45, 2.75) is 38.5 Å². The smallest absolute Gasteiger partial charge is 0.227 e. The molecule has 2 aliphatic rings. The largest absolute Gasteiger partial charge is 0.502 e. The van der Waals surface area contributed by atoms with Crippen molar-refractivity contribution in [3.8, 4) is 5.75 Å². The Labute approximate surface area is 165 Å². The summed E-state index contributed by atoms with van der Waals surface area (Å²) in [6.07, 6.45) is 3.62. The quantitative estimate of drug-likeness (QED) is 0.855. The third-order valence-electron chi connectivity index (χ3n) is 5.56. The summed E-state index contributed by atoms with van der Waals surface area (Å²) in [7, 11) is 0. The monoisotopic (exact) mass is 384 g/mol. The van der Waals surface area contributed by atoms with Crippen LogP contribution in [-0.4, -0.2) is 47.7 Å². The van der Waals surface area contributed by atoms with Crippen LogP contribution < -0.4 is 5.43 Å². The summed E-state index contributed by atoms with van der Waals surface area (Å²) in [5, 5.41) is 10.3. The number of likely N-dealkylation sites (tertiary alicyclic amines) is 1. The molecule has 0 amide bonds. The molecular formula is C22H28N2O4. The second kappa shape index (κ2) is 8.90. The van der Waals surface area contributed by atoms with E-state index in [1.165, 1.54) is 25.3 Å². The lowest BCUT2D eigenvalue weighted by Crippen LogP contribution is -2.38. The highest BCUT2D eigenvalue weighted by Crippen LogP contribution is 2.25. The van der Waals surface area contributed by atoms with E-state index in [4.69, 9.17) is 9.15 Å². The Morgan fingerprint density at radius 3 is 2.57 bits per heavy atom. The average Bonchev–Trinajstić information content (AvgIpc) is 2.73. The first kappa shape index (κ1) is 19.2. The minimum atomic E-state index is -0.360. The van der Waals surface area contributed by atoms with E-state index in [2.05, 4.69) is 21.9 Å². The maximum atomic E-state index is 12.3. The first-order valence-electron chi connectivity index (χ1n) is 10.1. The molecule has 4 rings (SSSR count). The molecule has 2 fully saturated rings. The molecule has 1 aromatic carbocycles. The number of aromatic hydroxyl groups is 1. The zero-order chi connectivity index (χ0) is 19.3. The molecule has 2 aliphatic heterocycles. The number of rotatable bonds is 5. The number of piperidine rings is 1. The molecular weight excluding hydrogens is 356 g/mol. The molecule has 28 heavy (non-hydrogen) atoms. The molecule has 6 nitrogen and oxygen atoms in total. The second-order valence-electron chi connectivity index (χ2n) is 7.69. The molecule has 0 spiro atoms. The number of nitrogens with zero attached hydrogens (tertiary/aromatic N) is 2. The van der Waals surface area contributed by atoms with Crippen LogP contribution in [0.15, 0.2) is 45.6 Å². The number of hydrogen-bond acceptors (Lipinski definition) is 6. The first-order valence-corrected chi connectivity index (χ1v) is 10.1. The highest BCUT2D eigenvalue weighted by molar-refractivity contribution is 5.25. The van der Waals surface area contributed by atoms with Gasteiger partial charge in [0.15, 0.2) is 5.76 Å². The molecule has 1 N–H and O–H groups in total. The Hall–Kier alpha value is -2.15. The van der Waals surface area contributed by atoms with Crippen LogP contribution in [0, 0.1) is 0 Å². The van der Waals surface area contributed by atoms with E-state index in [-0.39, 0.29) is 17.3 Å². The van der Waals surface area contributed by atoms with Crippen molar-refractivity contribution in [1.29, 1.82) is 0 Å². The summed E-state index contributed by atoms with van der Waals surface area (Å²) in [4.78, 5) is 16.7. The van der Waals surface area contributed by atoms with Crippen LogP contribution in [0.4, 0.5) is 0 Å². The molecule has 0 saturated carbocycles. The van der Waals surface area contributed by atoms with Crippen LogP contribution in [0.25, 0.3) is 0 Å². The lowest BCUT2D eigenvalue weighted by atomic mass is 10.1. The van der Waals surface area contributed by atoms with Gasteiger partial charge in [0.05, 0.1) is 25.8 Å². The van der Waals surface area contributed by atoms with Gasteiger partial charge >= 0.3 is 0 Å². The summed E-state index contributed by atoms with van der Waals surface area (Å²) in [5.74, 6) is 0.714. The summed E-state index contributed by atoms with van der Waals surface area (Å²) in [5.41, 5.74) is 0.776. The Morgan fingerprint density at radius 2 is 1.79 bits per heavy atom. The van der Waals surface area contributed by atoms with Gasteiger partial charge in [-0.15, -0.1) is 0 Å².